The molecule has 0 heterocycles. The second kappa shape index (κ2) is 8.46. The Morgan fingerprint density at radius 1 is 0.885 bits per heavy atom. The Morgan fingerprint density at radius 2 is 1.58 bits per heavy atom. The number of anilines is 2. The van der Waals surface area contributed by atoms with E-state index in [9.17, 15) is 20.2 Å². The Hall–Kier alpha value is -3.64. The van der Waals surface area contributed by atoms with Gasteiger partial charge in [-0.05, 0) is 24.3 Å². The molecule has 0 unspecified atom stereocenters. The number of non-ortho nitro benzene ring substituents is 1. The Morgan fingerprint density at radius 3 is 2.19 bits per heavy atom. The van der Waals surface area contributed by atoms with Crippen LogP contribution >= 0.6 is 0 Å². The van der Waals surface area contributed by atoms with E-state index in [1.165, 1.54) is 14.2 Å². The molecule has 0 saturated carbocycles. The Bertz CT molecular complexity index is 856. The average molecular weight is 362 g/mol. The van der Waals surface area contributed by atoms with Gasteiger partial charge in [-0.25, -0.2) is 0 Å². The quantitative estimate of drug-likeness (QED) is 0.407. The summed E-state index contributed by atoms with van der Waals surface area (Å²) in [5.74, 6) is 0. The van der Waals surface area contributed by atoms with Crippen LogP contribution in [0.2, 0.25) is 0 Å². The predicted molar refractivity (Wildman–Crippen MR) is 91.6 cm³/mol. The molecule has 0 fully saturated rings. The summed E-state index contributed by atoms with van der Waals surface area (Å²) in [6, 6.07) is 7.96. The van der Waals surface area contributed by atoms with Gasteiger partial charge in [0.1, 0.15) is 5.69 Å². The highest BCUT2D eigenvalue weighted by Crippen LogP contribution is 2.35. The normalized spacial score (nSPS) is 10.7. The van der Waals surface area contributed by atoms with E-state index in [-0.39, 0.29) is 5.69 Å². The molecular weight excluding hydrogens is 348 g/mol. The third kappa shape index (κ3) is 4.46. The molecule has 2 rings (SSSR count). The molecule has 0 aliphatic heterocycles. The predicted octanol–water partition coefficient (Wildman–Crippen LogP) is 3.87. The van der Waals surface area contributed by atoms with Gasteiger partial charge in [0, 0.05) is 6.07 Å². The molecule has 0 spiro atoms. The zero-order chi connectivity index (χ0) is 19.1. The molecule has 12 nitrogen and oxygen atoms in total. The van der Waals surface area contributed by atoms with Crippen molar-refractivity contribution in [3.63, 3.8) is 0 Å². The van der Waals surface area contributed by atoms with Crippen molar-refractivity contribution in [2.75, 3.05) is 25.2 Å². The van der Waals surface area contributed by atoms with Gasteiger partial charge in [0.05, 0.1) is 41.5 Å². The third-order valence-electron chi connectivity index (χ3n) is 3.06. The fourth-order valence-electron chi connectivity index (χ4n) is 1.96. The highest BCUT2D eigenvalue weighted by molar-refractivity contribution is 5.70. The molecule has 0 aliphatic rings. The van der Waals surface area contributed by atoms with Crippen LogP contribution in [-0.2, 0) is 9.68 Å². The molecule has 2 aromatic rings. The lowest BCUT2D eigenvalue weighted by atomic mass is 10.2. The fourth-order valence-corrected chi connectivity index (χ4v) is 1.96. The van der Waals surface area contributed by atoms with E-state index in [4.69, 9.17) is 9.68 Å². The van der Waals surface area contributed by atoms with E-state index >= 15 is 0 Å². The lowest BCUT2D eigenvalue weighted by Gasteiger charge is -2.09. The number of azo groups is 1. The minimum absolute atomic E-state index is 0.130. The molecule has 12 heteroatoms. The number of rotatable bonds is 8. The van der Waals surface area contributed by atoms with Crippen LogP contribution in [0, 0.1) is 20.2 Å². The van der Waals surface area contributed by atoms with Crippen LogP contribution in [0.25, 0.3) is 0 Å². The Labute approximate surface area is 146 Å². The molecule has 0 saturated heterocycles. The molecule has 0 aliphatic carbocycles. The van der Waals surface area contributed by atoms with Crippen molar-refractivity contribution in [2.24, 2.45) is 10.2 Å². The maximum atomic E-state index is 11.1. The maximum absolute atomic E-state index is 11.1. The average Bonchev–Trinajstić information content (AvgIpc) is 2.61. The van der Waals surface area contributed by atoms with Crippen LogP contribution in [0.4, 0.5) is 34.1 Å². The zero-order valence-corrected chi connectivity index (χ0v) is 13.7. The molecule has 0 radical (unpaired) electrons. The van der Waals surface area contributed by atoms with Crippen molar-refractivity contribution < 1.29 is 19.5 Å². The summed E-state index contributed by atoms with van der Waals surface area (Å²) in [5, 5.41) is 29.7. The molecule has 0 amide bonds. The monoisotopic (exact) mass is 362 g/mol. The first-order chi connectivity index (χ1) is 12.5. The van der Waals surface area contributed by atoms with Crippen molar-refractivity contribution in [3.05, 3.63) is 56.6 Å². The van der Waals surface area contributed by atoms with Gasteiger partial charge in [-0.1, -0.05) is 0 Å². The number of nitrogens with zero attached hydrogens (tertiary/aromatic N) is 4. The van der Waals surface area contributed by atoms with E-state index in [1.54, 1.807) is 18.2 Å². The SMILES string of the molecule is CONc1ccc(NOC)c(N=Nc2ccc([N+](=O)[O-])cc2[N+](=O)[O-])c1. The van der Waals surface area contributed by atoms with E-state index < -0.39 is 21.2 Å². The summed E-state index contributed by atoms with van der Waals surface area (Å²) in [5.41, 5.74) is 5.43. The molecule has 0 aromatic heterocycles. The smallest absolute Gasteiger partial charge is 0.279 e. The lowest BCUT2D eigenvalue weighted by Crippen LogP contribution is -1.98. The summed E-state index contributed by atoms with van der Waals surface area (Å²) >= 11 is 0. The highest BCUT2D eigenvalue weighted by atomic mass is 16.6. The van der Waals surface area contributed by atoms with Crippen LogP contribution < -0.4 is 11.0 Å². The van der Waals surface area contributed by atoms with Gasteiger partial charge in [-0.3, -0.25) is 40.9 Å². The largest absolute Gasteiger partial charge is 0.303 e. The fraction of sp³-hybridized carbons (Fsp3) is 0.143. The first kappa shape index (κ1) is 18.7. The third-order valence-corrected chi connectivity index (χ3v) is 3.06. The van der Waals surface area contributed by atoms with Crippen molar-refractivity contribution >= 4 is 34.1 Å². The van der Waals surface area contributed by atoms with Gasteiger partial charge >= 0.3 is 5.69 Å². The van der Waals surface area contributed by atoms with Crippen molar-refractivity contribution in [1.82, 2.24) is 0 Å². The van der Waals surface area contributed by atoms with Gasteiger partial charge in [0.2, 0.25) is 0 Å². The molecule has 0 bridgehead atoms. The highest BCUT2D eigenvalue weighted by Gasteiger charge is 2.19. The molecule has 2 N–H and O–H groups in total. The Kier molecular flexibility index (Phi) is 6.08. The first-order valence-corrected chi connectivity index (χ1v) is 7.03. The van der Waals surface area contributed by atoms with Crippen LogP contribution in [0.3, 0.4) is 0 Å². The maximum Gasteiger partial charge on any atom is 0.303 e. The Balaban J connectivity index is 2.43. The van der Waals surface area contributed by atoms with Gasteiger partial charge in [-0.15, -0.1) is 10.2 Å². The molecule has 136 valence electrons. The number of benzene rings is 2. The van der Waals surface area contributed by atoms with Crippen LogP contribution in [0.5, 0.6) is 0 Å². The molecular formula is C14H14N6O6. The van der Waals surface area contributed by atoms with Gasteiger partial charge in [0.25, 0.3) is 5.69 Å². The zero-order valence-electron chi connectivity index (χ0n) is 13.7. The minimum Gasteiger partial charge on any atom is -0.279 e. The number of nitro benzene ring substituents is 2. The van der Waals surface area contributed by atoms with E-state index in [0.29, 0.717) is 17.1 Å². The van der Waals surface area contributed by atoms with Crippen molar-refractivity contribution in [3.8, 4) is 0 Å². The topological polar surface area (TPSA) is 154 Å². The standard InChI is InChI=1S/C14H14N6O6/c1-25-17-9-3-5-11(18-26-2)13(7-9)16-15-12-6-4-10(19(21)22)8-14(12)20(23)24/h3-8,17-18H,1-2H3. The second-order valence-electron chi connectivity index (χ2n) is 4.73. The van der Waals surface area contributed by atoms with Gasteiger partial charge < -0.3 is 0 Å². The first-order valence-electron chi connectivity index (χ1n) is 7.03. The van der Waals surface area contributed by atoms with Crippen LogP contribution in [0.1, 0.15) is 0 Å². The van der Waals surface area contributed by atoms with Crippen LogP contribution in [-0.4, -0.2) is 24.1 Å². The van der Waals surface area contributed by atoms with Crippen molar-refractivity contribution in [1.29, 1.82) is 0 Å². The van der Waals surface area contributed by atoms with E-state index in [2.05, 4.69) is 21.2 Å². The summed E-state index contributed by atoms with van der Waals surface area (Å²) in [7, 11) is 2.84. The van der Waals surface area contributed by atoms with Gasteiger partial charge in [0.15, 0.2) is 5.69 Å². The van der Waals surface area contributed by atoms with Crippen LogP contribution in [0.15, 0.2) is 46.6 Å². The molecule has 26 heavy (non-hydrogen) atoms. The van der Waals surface area contributed by atoms with Crippen molar-refractivity contribution in [2.45, 2.75) is 0 Å². The van der Waals surface area contributed by atoms with Gasteiger partial charge in [-0.2, -0.15) is 0 Å². The number of hydrogen-bond donors (Lipinski definition) is 2. The lowest BCUT2D eigenvalue weighted by molar-refractivity contribution is -0.393. The number of hydrogen-bond acceptors (Lipinski definition) is 10. The summed E-state index contributed by atoms with van der Waals surface area (Å²) < 4.78 is 0. The summed E-state index contributed by atoms with van der Waals surface area (Å²) in [6.45, 7) is 0. The van der Waals surface area contributed by atoms with E-state index in [1.807, 2.05) is 0 Å². The molecule has 2 aromatic carbocycles. The minimum atomic E-state index is -0.765. The number of nitro groups is 2. The van der Waals surface area contributed by atoms with E-state index in [0.717, 1.165) is 18.2 Å². The molecule has 0 atom stereocenters. The number of nitrogens with one attached hydrogen (secondary N) is 2. The second-order valence-corrected chi connectivity index (χ2v) is 4.73. The summed E-state index contributed by atoms with van der Waals surface area (Å²) in [4.78, 5) is 30.1. The summed E-state index contributed by atoms with van der Waals surface area (Å²) in [6.07, 6.45) is 0.